The Balaban J connectivity index is 3.02. The molecule has 0 fully saturated rings. The number of hydrogen-bond donors (Lipinski definition) is 2. The van der Waals surface area contributed by atoms with Crippen molar-refractivity contribution in [3.05, 3.63) is 27.4 Å². The van der Waals surface area contributed by atoms with E-state index in [-0.39, 0.29) is 11.7 Å². The molecule has 8 heteroatoms. The Bertz CT molecular complexity index is 511. The van der Waals surface area contributed by atoms with Gasteiger partial charge in [-0.1, -0.05) is 18.5 Å². The number of aromatic nitrogens is 2. The third kappa shape index (κ3) is 3.56. The van der Waals surface area contributed by atoms with Gasteiger partial charge in [0.1, 0.15) is 17.5 Å². The predicted molar refractivity (Wildman–Crippen MR) is 60.6 cm³/mol. The summed E-state index contributed by atoms with van der Waals surface area (Å²) in [6.45, 7) is 1.44. The van der Waals surface area contributed by atoms with Gasteiger partial charge in [0.25, 0.3) is 5.56 Å². The molecule has 0 spiro atoms. The molecule has 17 heavy (non-hydrogen) atoms. The molecule has 1 aromatic rings. The molecular formula is C9H11ClN4O3. The van der Waals surface area contributed by atoms with E-state index in [1.807, 2.05) is 5.32 Å². The summed E-state index contributed by atoms with van der Waals surface area (Å²) in [5.74, 6) is -0.319. The van der Waals surface area contributed by atoms with Crippen LogP contribution in [-0.2, 0) is 17.8 Å². The number of nitrogens with one attached hydrogen (secondary N) is 1. The van der Waals surface area contributed by atoms with E-state index in [4.69, 9.17) is 17.3 Å². The number of halogens is 1. The second kappa shape index (κ2) is 5.44. The van der Waals surface area contributed by atoms with Gasteiger partial charge in [-0.05, 0) is 0 Å². The maximum absolute atomic E-state index is 11.6. The van der Waals surface area contributed by atoms with Crippen molar-refractivity contribution < 1.29 is 9.59 Å². The summed E-state index contributed by atoms with van der Waals surface area (Å²) < 4.78 is 1.13. The fourth-order valence-electron chi connectivity index (χ4n) is 1.28. The monoisotopic (exact) mass is 258 g/mol. The highest BCUT2D eigenvalue weighted by atomic mass is 35.5. The highest BCUT2D eigenvalue weighted by molar-refractivity contribution is 6.29. The zero-order valence-corrected chi connectivity index (χ0v) is 9.82. The Kier molecular flexibility index (Phi) is 4.22. The fourth-order valence-corrected chi connectivity index (χ4v) is 1.47. The first-order valence-electron chi connectivity index (χ1n) is 4.79. The van der Waals surface area contributed by atoms with Gasteiger partial charge in [0.15, 0.2) is 0 Å². The van der Waals surface area contributed by atoms with Gasteiger partial charge >= 0.3 is 6.03 Å². The summed E-state index contributed by atoms with van der Waals surface area (Å²) in [5.41, 5.74) is 4.33. The number of aryl methyl sites for hydroxylation is 1. The van der Waals surface area contributed by atoms with Gasteiger partial charge in [0.05, 0.1) is 0 Å². The van der Waals surface area contributed by atoms with Gasteiger partial charge in [-0.25, -0.2) is 9.78 Å². The molecule has 92 valence electrons. The average Bonchev–Trinajstić information content (AvgIpc) is 2.20. The van der Waals surface area contributed by atoms with Crippen molar-refractivity contribution in [3.63, 3.8) is 0 Å². The van der Waals surface area contributed by atoms with E-state index in [2.05, 4.69) is 4.98 Å². The molecule has 1 aromatic heterocycles. The fraction of sp³-hybridized carbons (Fsp3) is 0.333. The van der Waals surface area contributed by atoms with Crippen molar-refractivity contribution in [2.75, 3.05) is 0 Å². The van der Waals surface area contributed by atoms with Crippen LogP contribution in [0.2, 0.25) is 5.15 Å². The van der Waals surface area contributed by atoms with Crippen LogP contribution < -0.4 is 16.6 Å². The highest BCUT2D eigenvalue weighted by Gasteiger charge is 2.11. The lowest BCUT2D eigenvalue weighted by Gasteiger charge is -2.09. The molecular weight excluding hydrogens is 248 g/mol. The normalized spacial score (nSPS) is 10.0. The van der Waals surface area contributed by atoms with Crippen LogP contribution in [0.3, 0.4) is 0 Å². The molecule has 0 aliphatic rings. The van der Waals surface area contributed by atoms with Gasteiger partial charge in [-0.15, -0.1) is 0 Å². The number of nitrogens with two attached hydrogens (primary N) is 1. The minimum Gasteiger partial charge on any atom is -0.351 e. The van der Waals surface area contributed by atoms with Gasteiger partial charge in [0, 0.05) is 12.5 Å². The Hall–Kier alpha value is -1.89. The first-order chi connectivity index (χ1) is 7.93. The van der Waals surface area contributed by atoms with Gasteiger partial charge in [-0.3, -0.25) is 19.5 Å². The van der Waals surface area contributed by atoms with Crippen LogP contribution in [-0.4, -0.2) is 21.5 Å². The first kappa shape index (κ1) is 13.2. The lowest BCUT2D eigenvalue weighted by atomic mass is 10.4. The van der Waals surface area contributed by atoms with Crippen molar-refractivity contribution in [1.82, 2.24) is 14.9 Å². The molecule has 0 saturated carbocycles. The van der Waals surface area contributed by atoms with E-state index in [1.165, 1.54) is 0 Å². The molecule has 3 N–H and O–H groups in total. The van der Waals surface area contributed by atoms with Crippen molar-refractivity contribution >= 4 is 23.5 Å². The quantitative estimate of drug-likeness (QED) is 0.723. The second-order valence-electron chi connectivity index (χ2n) is 3.19. The van der Waals surface area contributed by atoms with Crippen LogP contribution in [0.15, 0.2) is 10.9 Å². The molecule has 0 aliphatic heterocycles. The van der Waals surface area contributed by atoms with Crippen LogP contribution >= 0.6 is 11.6 Å². The maximum Gasteiger partial charge on any atom is 0.318 e. The lowest BCUT2D eigenvalue weighted by Crippen LogP contribution is -2.39. The molecule has 1 rings (SSSR count). The number of imide groups is 1. The summed E-state index contributed by atoms with van der Waals surface area (Å²) in [5, 5.41) is 1.93. The molecule has 7 nitrogen and oxygen atoms in total. The molecule has 0 unspecified atom stereocenters. The molecule has 0 aliphatic carbocycles. The third-order valence-electron chi connectivity index (χ3n) is 1.94. The number of amides is 3. The molecule has 1 heterocycles. The number of primary amides is 1. The average molecular weight is 259 g/mol. The standard InChI is InChI=1S/C9H11ClN4O3/c1-2-6-12-5(10)3-8(16)14(6)4-7(15)13-9(11)17/h3H,2,4H2,1H3,(H3,11,13,15,17). The van der Waals surface area contributed by atoms with E-state index in [0.717, 1.165) is 10.6 Å². The summed E-state index contributed by atoms with van der Waals surface area (Å²) in [4.78, 5) is 37.3. The second-order valence-corrected chi connectivity index (χ2v) is 3.57. The molecule has 0 aromatic carbocycles. The van der Waals surface area contributed by atoms with Crippen molar-refractivity contribution in [2.45, 2.75) is 19.9 Å². The summed E-state index contributed by atoms with van der Waals surface area (Å²) in [7, 11) is 0. The van der Waals surface area contributed by atoms with E-state index in [9.17, 15) is 14.4 Å². The Morgan fingerprint density at radius 1 is 1.59 bits per heavy atom. The van der Waals surface area contributed by atoms with Gasteiger partial charge < -0.3 is 5.73 Å². The Labute approximate surface area is 102 Å². The molecule has 0 atom stereocenters. The minimum absolute atomic E-state index is 0.0680. The summed E-state index contributed by atoms with van der Waals surface area (Å²) in [6, 6.07) is 0.126. The number of hydrogen-bond acceptors (Lipinski definition) is 4. The maximum atomic E-state index is 11.6. The molecule has 0 bridgehead atoms. The van der Waals surface area contributed by atoms with E-state index < -0.39 is 17.5 Å². The van der Waals surface area contributed by atoms with Crippen molar-refractivity contribution in [1.29, 1.82) is 0 Å². The summed E-state index contributed by atoms with van der Waals surface area (Å²) in [6.07, 6.45) is 0.430. The topological polar surface area (TPSA) is 107 Å². The Morgan fingerprint density at radius 3 is 2.76 bits per heavy atom. The molecule has 0 radical (unpaired) electrons. The van der Waals surface area contributed by atoms with E-state index in [0.29, 0.717) is 12.2 Å². The number of carbonyl (C=O) groups is 2. The van der Waals surface area contributed by atoms with Crippen LogP contribution in [0.5, 0.6) is 0 Å². The minimum atomic E-state index is -0.969. The zero-order valence-electron chi connectivity index (χ0n) is 9.07. The van der Waals surface area contributed by atoms with E-state index >= 15 is 0 Å². The number of carbonyl (C=O) groups excluding carboxylic acids is 2. The van der Waals surface area contributed by atoms with Crippen LogP contribution in [0.4, 0.5) is 4.79 Å². The molecule has 3 amide bonds. The van der Waals surface area contributed by atoms with Crippen LogP contribution in [0, 0.1) is 0 Å². The SMILES string of the molecule is CCc1nc(Cl)cc(=O)n1CC(=O)NC(N)=O. The largest absolute Gasteiger partial charge is 0.351 e. The third-order valence-corrected chi connectivity index (χ3v) is 2.13. The Morgan fingerprint density at radius 2 is 2.24 bits per heavy atom. The van der Waals surface area contributed by atoms with E-state index in [1.54, 1.807) is 6.92 Å². The van der Waals surface area contributed by atoms with Gasteiger partial charge in [0.2, 0.25) is 5.91 Å². The predicted octanol–water partition coefficient (Wildman–Crippen LogP) is -0.346. The van der Waals surface area contributed by atoms with Crippen molar-refractivity contribution in [2.24, 2.45) is 5.73 Å². The summed E-state index contributed by atoms with van der Waals surface area (Å²) >= 11 is 5.62. The smallest absolute Gasteiger partial charge is 0.318 e. The molecule has 0 saturated heterocycles. The van der Waals surface area contributed by atoms with Gasteiger partial charge in [-0.2, -0.15) is 0 Å². The number of nitrogens with zero attached hydrogens (tertiary/aromatic N) is 2. The number of rotatable bonds is 3. The highest BCUT2D eigenvalue weighted by Crippen LogP contribution is 2.02. The lowest BCUT2D eigenvalue weighted by molar-refractivity contribution is -0.120. The number of urea groups is 1. The van der Waals surface area contributed by atoms with Crippen LogP contribution in [0.1, 0.15) is 12.7 Å². The van der Waals surface area contributed by atoms with Crippen molar-refractivity contribution in [3.8, 4) is 0 Å². The zero-order chi connectivity index (χ0) is 13.0. The van der Waals surface area contributed by atoms with Crippen LogP contribution in [0.25, 0.3) is 0 Å². The first-order valence-corrected chi connectivity index (χ1v) is 5.17.